The van der Waals surface area contributed by atoms with Crippen molar-refractivity contribution >= 4 is 0 Å². The second-order valence-corrected chi connectivity index (χ2v) is 5.41. The Morgan fingerprint density at radius 2 is 1.95 bits per heavy atom. The fourth-order valence-electron chi connectivity index (χ4n) is 2.55. The van der Waals surface area contributed by atoms with Gasteiger partial charge in [-0.2, -0.15) is 0 Å². The molecule has 0 saturated carbocycles. The van der Waals surface area contributed by atoms with Crippen molar-refractivity contribution in [2.45, 2.75) is 25.4 Å². The van der Waals surface area contributed by atoms with Gasteiger partial charge in [0.1, 0.15) is 0 Å². The van der Waals surface area contributed by atoms with E-state index in [1.165, 1.54) is 5.56 Å². The number of fused-ring (bicyclic) bond motifs is 1. The second-order valence-electron chi connectivity index (χ2n) is 5.41. The van der Waals surface area contributed by atoms with Crippen molar-refractivity contribution < 1.29 is 9.47 Å². The summed E-state index contributed by atoms with van der Waals surface area (Å²) >= 11 is 0. The van der Waals surface area contributed by atoms with Gasteiger partial charge in [0.2, 0.25) is 0 Å². The van der Waals surface area contributed by atoms with E-state index in [-0.39, 0.29) is 0 Å². The largest absolute Gasteiger partial charge is 0.490 e. The lowest BCUT2D eigenvalue weighted by Gasteiger charge is -2.39. The molecule has 4 nitrogen and oxygen atoms in total. The summed E-state index contributed by atoms with van der Waals surface area (Å²) in [5.41, 5.74) is 1.29. The lowest BCUT2D eigenvalue weighted by molar-refractivity contribution is 0.136. The third-order valence-corrected chi connectivity index (χ3v) is 4.20. The highest BCUT2D eigenvalue weighted by Crippen LogP contribution is 2.34. The van der Waals surface area contributed by atoms with E-state index >= 15 is 0 Å². The summed E-state index contributed by atoms with van der Waals surface area (Å²) < 4.78 is 11.4. The van der Waals surface area contributed by atoms with Gasteiger partial charge < -0.3 is 14.8 Å². The third kappa shape index (κ3) is 2.55. The molecule has 0 aliphatic carbocycles. The molecule has 1 fully saturated rings. The van der Waals surface area contributed by atoms with Gasteiger partial charge in [0, 0.05) is 31.6 Å². The van der Waals surface area contributed by atoms with Crippen LogP contribution in [-0.4, -0.2) is 44.3 Å². The SMILES string of the molecule is CC(c1ccc2c(c1)OCCCO2)N(C)C1CNC1. The Labute approximate surface area is 114 Å². The first kappa shape index (κ1) is 12.8. The van der Waals surface area contributed by atoms with Crippen molar-refractivity contribution in [3.63, 3.8) is 0 Å². The zero-order valence-electron chi connectivity index (χ0n) is 11.7. The van der Waals surface area contributed by atoms with Crippen molar-refractivity contribution in [2.24, 2.45) is 0 Å². The third-order valence-electron chi connectivity index (χ3n) is 4.20. The topological polar surface area (TPSA) is 33.7 Å². The average molecular weight is 262 g/mol. The highest BCUT2D eigenvalue weighted by molar-refractivity contribution is 5.44. The summed E-state index contributed by atoms with van der Waals surface area (Å²) in [6.45, 7) is 5.91. The maximum atomic E-state index is 5.76. The zero-order chi connectivity index (χ0) is 13.2. The maximum absolute atomic E-state index is 5.76. The Hall–Kier alpha value is -1.26. The van der Waals surface area contributed by atoms with Gasteiger partial charge in [0.05, 0.1) is 13.2 Å². The van der Waals surface area contributed by atoms with Crippen molar-refractivity contribution in [1.82, 2.24) is 10.2 Å². The summed E-state index contributed by atoms with van der Waals surface area (Å²) in [6, 6.07) is 7.36. The summed E-state index contributed by atoms with van der Waals surface area (Å²) in [6.07, 6.45) is 0.952. The minimum atomic E-state index is 0.393. The maximum Gasteiger partial charge on any atom is 0.161 e. The predicted molar refractivity (Wildman–Crippen MR) is 74.9 cm³/mol. The monoisotopic (exact) mass is 262 g/mol. The molecule has 1 aromatic rings. The second kappa shape index (κ2) is 5.39. The molecule has 104 valence electrons. The molecule has 0 radical (unpaired) electrons. The smallest absolute Gasteiger partial charge is 0.161 e. The fraction of sp³-hybridized carbons (Fsp3) is 0.600. The molecule has 2 aliphatic heterocycles. The Bertz CT molecular complexity index is 446. The standard InChI is InChI=1S/C15H22N2O2/c1-11(17(2)13-9-16-10-13)12-4-5-14-15(8-12)19-7-3-6-18-14/h4-5,8,11,13,16H,3,6-7,9-10H2,1-2H3. The van der Waals surface area contributed by atoms with Gasteiger partial charge in [0.25, 0.3) is 0 Å². The van der Waals surface area contributed by atoms with Gasteiger partial charge in [-0.15, -0.1) is 0 Å². The molecule has 1 atom stereocenters. The molecule has 19 heavy (non-hydrogen) atoms. The molecule has 0 amide bonds. The number of benzene rings is 1. The number of rotatable bonds is 3. The molecule has 2 aliphatic rings. The molecule has 0 aromatic heterocycles. The molecular formula is C15H22N2O2. The van der Waals surface area contributed by atoms with Crippen LogP contribution in [0.15, 0.2) is 18.2 Å². The van der Waals surface area contributed by atoms with Crippen molar-refractivity contribution in [3.05, 3.63) is 23.8 Å². The molecule has 1 N–H and O–H groups in total. The molecule has 1 saturated heterocycles. The molecule has 1 unspecified atom stereocenters. The first-order valence-corrected chi connectivity index (χ1v) is 7.08. The number of hydrogen-bond donors (Lipinski definition) is 1. The minimum Gasteiger partial charge on any atom is -0.490 e. The number of likely N-dealkylation sites (N-methyl/N-ethyl adjacent to an activating group) is 1. The van der Waals surface area contributed by atoms with Crippen molar-refractivity contribution in [1.29, 1.82) is 0 Å². The fourth-order valence-corrected chi connectivity index (χ4v) is 2.55. The van der Waals surface area contributed by atoms with E-state index in [1.54, 1.807) is 0 Å². The van der Waals surface area contributed by atoms with E-state index in [4.69, 9.17) is 9.47 Å². The van der Waals surface area contributed by atoms with Gasteiger partial charge in [-0.25, -0.2) is 0 Å². The highest BCUT2D eigenvalue weighted by atomic mass is 16.5. The summed E-state index contributed by atoms with van der Waals surface area (Å²) in [7, 11) is 2.19. The molecule has 1 aromatic carbocycles. The summed E-state index contributed by atoms with van der Waals surface area (Å²) in [4.78, 5) is 2.43. The van der Waals surface area contributed by atoms with Crippen molar-refractivity contribution in [2.75, 3.05) is 33.4 Å². The van der Waals surface area contributed by atoms with Gasteiger partial charge in [-0.3, -0.25) is 4.90 Å². The van der Waals surface area contributed by atoms with E-state index in [0.717, 1.165) is 44.2 Å². The zero-order valence-corrected chi connectivity index (χ0v) is 11.7. The Morgan fingerprint density at radius 3 is 2.63 bits per heavy atom. The molecule has 0 bridgehead atoms. The Kier molecular flexibility index (Phi) is 3.62. The number of nitrogens with one attached hydrogen (secondary N) is 1. The van der Waals surface area contributed by atoms with Crippen LogP contribution in [0.4, 0.5) is 0 Å². The first-order chi connectivity index (χ1) is 9.25. The molecule has 2 heterocycles. The van der Waals surface area contributed by atoms with Gasteiger partial charge in [-0.05, 0) is 31.7 Å². The van der Waals surface area contributed by atoms with E-state index in [0.29, 0.717) is 12.1 Å². The van der Waals surface area contributed by atoms with Crippen LogP contribution >= 0.6 is 0 Å². The minimum absolute atomic E-state index is 0.393. The average Bonchev–Trinajstić information content (AvgIpc) is 2.59. The van der Waals surface area contributed by atoms with Gasteiger partial charge in [0.15, 0.2) is 11.5 Å². The van der Waals surface area contributed by atoms with Crippen LogP contribution in [0, 0.1) is 0 Å². The molecule has 4 heteroatoms. The summed E-state index contributed by atoms with van der Waals surface area (Å²) in [5, 5.41) is 3.32. The van der Waals surface area contributed by atoms with Crippen LogP contribution in [0.25, 0.3) is 0 Å². The summed E-state index contributed by atoms with van der Waals surface area (Å²) in [5.74, 6) is 1.77. The van der Waals surface area contributed by atoms with Crippen LogP contribution in [0.5, 0.6) is 11.5 Å². The van der Waals surface area contributed by atoms with E-state index in [2.05, 4.69) is 36.3 Å². The van der Waals surface area contributed by atoms with Crippen molar-refractivity contribution in [3.8, 4) is 11.5 Å². The van der Waals surface area contributed by atoms with Crippen LogP contribution in [0.2, 0.25) is 0 Å². The lowest BCUT2D eigenvalue weighted by Crippen LogP contribution is -2.56. The van der Waals surface area contributed by atoms with Crippen LogP contribution in [0.1, 0.15) is 24.9 Å². The first-order valence-electron chi connectivity index (χ1n) is 7.08. The van der Waals surface area contributed by atoms with Gasteiger partial charge >= 0.3 is 0 Å². The number of hydrogen-bond acceptors (Lipinski definition) is 4. The Balaban J connectivity index is 1.78. The van der Waals surface area contributed by atoms with E-state index in [1.807, 2.05) is 6.07 Å². The number of ether oxygens (including phenoxy) is 2. The van der Waals surface area contributed by atoms with E-state index < -0.39 is 0 Å². The normalized spacial score (nSPS) is 20.8. The lowest BCUT2D eigenvalue weighted by atomic mass is 10.0. The van der Waals surface area contributed by atoms with Crippen LogP contribution in [0.3, 0.4) is 0 Å². The number of nitrogens with zero attached hydrogens (tertiary/aromatic N) is 1. The highest BCUT2D eigenvalue weighted by Gasteiger charge is 2.26. The Morgan fingerprint density at radius 1 is 1.21 bits per heavy atom. The van der Waals surface area contributed by atoms with Crippen LogP contribution < -0.4 is 14.8 Å². The predicted octanol–water partition coefficient (Wildman–Crippen LogP) is 1.81. The van der Waals surface area contributed by atoms with E-state index in [9.17, 15) is 0 Å². The quantitative estimate of drug-likeness (QED) is 0.901. The molecule has 0 spiro atoms. The van der Waals surface area contributed by atoms with Gasteiger partial charge in [-0.1, -0.05) is 6.07 Å². The van der Waals surface area contributed by atoms with Crippen LogP contribution in [-0.2, 0) is 0 Å². The molecule has 3 rings (SSSR count). The molecular weight excluding hydrogens is 240 g/mol.